The third kappa shape index (κ3) is 3.37. The highest BCUT2D eigenvalue weighted by Gasteiger charge is 2.22. The number of halogens is 1. The highest BCUT2D eigenvalue weighted by atomic mass is 32.1. The van der Waals surface area contributed by atoms with E-state index in [0.29, 0.717) is 5.69 Å². The van der Waals surface area contributed by atoms with E-state index in [1.54, 1.807) is 6.07 Å². The minimum atomic E-state index is -0.242. The fourth-order valence-electron chi connectivity index (χ4n) is 5.98. The third-order valence-electron chi connectivity index (χ3n) is 7.66. The number of aromatic nitrogens is 1. The second kappa shape index (κ2) is 8.65. The van der Waals surface area contributed by atoms with Crippen molar-refractivity contribution in [2.45, 2.75) is 0 Å². The molecule has 1 nitrogen and oxygen atoms in total. The standard InChI is InChI=1S/C36H22FNS/c37-29-22-25(23-11-3-1-4-12-23)21-28(24-13-5-2-6-14-24)36(29)38-30-17-9-7-15-26(30)34-31(38)19-20-33-35(34)27-16-8-10-18-32(27)39-33/h1-22H. The van der Waals surface area contributed by atoms with Gasteiger partial charge in [-0.2, -0.15) is 0 Å². The Morgan fingerprint density at radius 1 is 0.487 bits per heavy atom. The molecule has 0 N–H and O–H groups in total. The fraction of sp³-hybridized carbons (Fsp3) is 0. The van der Waals surface area contributed by atoms with Crippen LogP contribution in [0, 0.1) is 5.82 Å². The van der Waals surface area contributed by atoms with Crippen molar-refractivity contribution in [2.24, 2.45) is 0 Å². The summed E-state index contributed by atoms with van der Waals surface area (Å²) in [7, 11) is 0. The second-order valence-corrected chi connectivity index (χ2v) is 11.0. The van der Waals surface area contributed by atoms with Crippen LogP contribution in [0.4, 0.5) is 4.39 Å². The summed E-state index contributed by atoms with van der Waals surface area (Å²) in [5, 5.41) is 4.79. The summed E-state index contributed by atoms with van der Waals surface area (Å²) in [5.74, 6) is -0.242. The Balaban J connectivity index is 1.54. The molecule has 0 radical (unpaired) electrons. The Bertz CT molecular complexity index is 2170. The van der Waals surface area contributed by atoms with Crippen LogP contribution in [0.3, 0.4) is 0 Å². The average molecular weight is 520 g/mol. The van der Waals surface area contributed by atoms with Gasteiger partial charge in [0.15, 0.2) is 0 Å². The van der Waals surface area contributed by atoms with Gasteiger partial charge >= 0.3 is 0 Å². The molecule has 0 saturated carbocycles. The van der Waals surface area contributed by atoms with Crippen LogP contribution in [-0.4, -0.2) is 4.57 Å². The molecule has 8 aromatic rings. The lowest BCUT2D eigenvalue weighted by Crippen LogP contribution is -2.02. The maximum atomic E-state index is 16.6. The van der Waals surface area contributed by atoms with Crippen molar-refractivity contribution in [1.82, 2.24) is 4.57 Å². The van der Waals surface area contributed by atoms with Gasteiger partial charge in [-0.15, -0.1) is 11.3 Å². The van der Waals surface area contributed by atoms with Crippen molar-refractivity contribution in [3.8, 4) is 27.9 Å². The van der Waals surface area contributed by atoms with Crippen LogP contribution in [0.2, 0.25) is 0 Å². The molecule has 0 amide bonds. The van der Waals surface area contributed by atoms with Gasteiger partial charge < -0.3 is 4.57 Å². The van der Waals surface area contributed by atoms with Crippen LogP contribution < -0.4 is 0 Å². The van der Waals surface area contributed by atoms with E-state index in [-0.39, 0.29) is 5.82 Å². The normalized spacial score (nSPS) is 11.7. The first kappa shape index (κ1) is 22.3. The Hall–Kier alpha value is -4.73. The Morgan fingerprint density at radius 3 is 1.95 bits per heavy atom. The molecule has 8 rings (SSSR count). The average Bonchev–Trinajstić information content (AvgIpc) is 3.53. The molecule has 0 aliphatic rings. The van der Waals surface area contributed by atoms with E-state index >= 15 is 4.39 Å². The quantitative estimate of drug-likeness (QED) is 0.219. The van der Waals surface area contributed by atoms with Gasteiger partial charge in [0, 0.05) is 36.5 Å². The minimum Gasteiger partial charge on any atom is -0.306 e. The molecule has 0 atom stereocenters. The number of hydrogen-bond donors (Lipinski definition) is 0. The van der Waals surface area contributed by atoms with Crippen molar-refractivity contribution >= 4 is 53.3 Å². The monoisotopic (exact) mass is 519 g/mol. The first-order valence-corrected chi connectivity index (χ1v) is 13.9. The van der Waals surface area contributed by atoms with E-state index in [1.165, 1.54) is 25.6 Å². The molecule has 39 heavy (non-hydrogen) atoms. The Labute approximate surface area is 229 Å². The zero-order valence-corrected chi connectivity index (χ0v) is 21.8. The van der Waals surface area contributed by atoms with Gasteiger partial charge in [-0.05, 0) is 53.1 Å². The van der Waals surface area contributed by atoms with Crippen molar-refractivity contribution in [1.29, 1.82) is 0 Å². The lowest BCUT2D eigenvalue weighted by molar-refractivity contribution is 0.622. The molecule has 0 spiro atoms. The largest absolute Gasteiger partial charge is 0.306 e. The summed E-state index contributed by atoms with van der Waals surface area (Å²) < 4.78 is 21.2. The number of rotatable bonds is 3. The zero-order chi connectivity index (χ0) is 25.9. The maximum Gasteiger partial charge on any atom is 0.148 e. The molecule has 0 aliphatic carbocycles. The van der Waals surface area contributed by atoms with Crippen LogP contribution in [0.5, 0.6) is 0 Å². The number of hydrogen-bond acceptors (Lipinski definition) is 1. The summed E-state index contributed by atoms with van der Waals surface area (Å²) in [4.78, 5) is 0. The summed E-state index contributed by atoms with van der Waals surface area (Å²) in [6.45, 7) is 0. The molecule has 2 aromatic heterocycles. The SMILES string of the molecule is Fc1cc(-c2ccccc2)cc(-c2ccccc2)c1-n1c2ccccc2c2c3c(ccc21)sc1ccccc13. The molecular formula is C36H22FNS. The minimum absolute atomic E-state index is 0.242. The molecule has 6 aromatic carbocycles. The van der Waals surface area contributed by atoms with Gasteiger partial charge in [-0.3, -0.25) is 0 Å². The van der Waals surface area contributed by atoms with Gasteiger partial charge in [-0.1, -0.05) is 97.1 Å². The maximum absolute atomic E-state index is 16.6. The van der Waals surface area contributed by atoms with Crippen molar-refractivity contribution in [3.05, 3.63) is 139 Å². The van der Waals surface area contributed by atoms with E-state index < -0.39 is 0 Å². The van der Waals surface area contributed by atoms with Gasteiger partial charge in [-0.25, -0.2) is 4.39 Å². The summed E-state index contributed by atoms with van der Waals surface area (Å²) >= 11 is 1.81. The molecule has 0 aliphatic heterocycles. The number of nitrogens with zero attached hydrogens (tertiary/aromatic N) is 1. The molecule has 184 valence electrons. The molecule has 0 fully saturated rings. The van der Waals surface area contributed by atoms with Crippen LogP contribution >= 0.6 is 11.3 Å². The highest BCUT2D eigenvalue weighted by molar-refractivity contribution is 7.26. The lowest BCUT2D eigenvalue weighted by Gasteiger charge is -2.17. The fourth-order valence-corrected chi connectivity index (χ4v) is 7.09. The summed E-state index contributed by atoms with van der Waals surface area (Å²) in [5.41, 5.74) is 6.29. The number of benzene rings is 6. The van der Waals surface area contributed by atoms with E-state index in [0.717, 1.165) is 38.7 Å². The first-order valence-electron chi connectivity index (χ1n) is 13.1. The van der Waals surface area contributed by atoms with Gasteiger partial charge in [0.25, 0.3) is 0 Å². The Morgan fingerprint density at radius 2 is 1.15 bits per heavy atom. The van der Waals surface area contributed by atoms with Crippen molar-refractivity contribution in [2.75, 3.05) is 0 Å². The van der Waals surface area contributed by atoms with Gasteiger partial charge in [0.05, 0.1) is 16.7 Å². The highest BCUT2D eigenvalue weighted by Crippen LogP contribution is 2.45. The van der Waals surface area contributed by atoms with E-state index in [1.807, 2.05) is 65.9 Å². The number of thiophene rings is 1. The summed E-state index contributed by atoms with van der Waals surface area (Å²) in [6, 6.07) is 45.3. The zero-order valence-electron chi connectivity index (χ0n) is 20.9. The van der Waals surface area contributed by atoms with Crippen LogP contribution in [0.15, 0.2) is 133 Å². The molecule has 0 bridgehead atoms. The lowest BCUT2D eigenvalue weighted by atomic mass is 9.96. The number of para-hydroxylation sites is 1. The molecular weight excluding hydrogens is 497 g/mol. The van der Waals surface area contributed by atoms with E-state index in [2.05, 4.69) is 77.4 Å². The van der Waals surface area contributed by atoms with E-state index in [9.17, 15) is 0 Å². The van der Waals surface area contributed by atoms with Gasteiger partial charge in [0.2, 0.25) is 0 Å². The van der Waals surface area contributed by atoms with Crippen LogP contribution in [-0.2, 0) is 0 Å². The molecule has 2 heterocycles. The second-order valence-electron chi connectivity index (χ2n) is 9.87. The predicted octanol–water partition coefficient (Wildman–Crippen LogP) is 10.6. The van der Waals surface area contributed by atoms with Crippen molar-refractivity contribution in [3.63, 3.8) is 0 Å². The van der Waals surface area contributed by atoms with Crippen molar-refractivity contribution < 1.29 is 4.39 Å². The topological polar surface area (TPSA) is 4.93 Å². The van der Waals surface area contributed by atoms with Crippen LogP contribution in [0.25, 0.3) is 69.9 Å². The Kier molecular flexibility index (Phi) is 4.94. The molecule has 0 saturated heterocycles. The number of fused-ring (bicyclic) bond motifs is 7. The molecule has 0 unspecified atom stereocenters. The third-order valence-corrected chi connectivity index (χ3v) is 8.79. The first-order chi connectivity index (χ1) is 19.3. The predicted molar refractivity (Wildman–Crippen MR) is 164 cm³/mol. The smallest absolute Gasteiger partial charge is 0.148 e. The molecule has 3 heteroatoms. The van der Waals surface area contributed by atoms with E-state index in [4.69, 9.17) is 0 Å². The van der Waals surface area contributed by atoms with Crippen LogP contribution in [0.1, 0.15) is 0 Å². The van der Waals surface area contributed by atoms with Gasteiger partial charge in [0.1, 0.15) is 5.82 Å². The summed E-state index contributed by atoms with van der Waals surface area (Å²) in [6.07, 6.45) is 0.